The molecule has 1 unspecified atom stereocenters. The molecule has 118 valence electrons. The normalized spacial score (nSPS) is 22.1. The summed E-state index contributed by atoms with van der Waals surface area (Å²) < 4.78 is 28.5. The Hall–Kier alpha value is -0.660. The number of carboxylic acid groups (broad SMARTS) is 1. The predicted octanol–water partition coefficient (Wildman–Crippen LogP) is 1.68. The third-order valence-corrected chi connectivity index (χ3v) is 6.02. The SMILES string of the molecule is CC1CCCCN1S(=O)(=O)N(CCC(=O)O)C(C)(C)C. The Balaban J connectivity index is 3.01. The van der Waals surface area contributed by atoms with Crippen LogP contribution in [-0.4, -0.2) is 52.8 Å². The molecule has 1 rings (SSSR count). The van der Waals surface area contributed by atoms with Gasteiger partial charge in [0, 0.05) is 24.7 Å². The second-order valence-corrected chi connectivity index (χ2v) is 8.16. The number of aliphatic carboxylic acids is 1. The molecule has 0 saturated carbocycles. The summed E-state index contributed by atoms with van der Waals surface area (Å²) in [5.41, 5.74) is -0.633. The van der Waals surface area contributed by atoms with Crippen molar-refractivity contribution in [1.29, 1.82) is 0 Å². The minimum Gasteiger partial charge on any atom is -0.481 e. The van der Waals surface area contributed by atoms with E-state index in [-0.39, 0.29) is 19.0 Å². The molecule has 1 saturated heterocycles. The molecule has 0 bridgehead atoms. The number of rotatable bonds is 5. The van der Waals surface area contributed by atoms with Crippen molar-refractivity contribution in [2.45, 2.75) is 65.0 Å². The number of hydrogen-bond acceptors (Lipinski definition) is 3. The molecule has 0 aliphatic carbocycles. The summed E-state index contributed by atoms with van der Waals surface area (Å²) in [6.07, 6.45) is 2.58. The number of hydrogen-bond donors (Lipinski definition) is 1. The number of nitrogens with zero attached hydrogens (tertiary/aromatic N) is 2. The maximum absolute atomic E-state index is 12.8. The van der Waals surface area contributed by atoms with Gasteiger partial charge in [0.05, 0.1) is 6.42 Å². The van der Waals surface area contributed by atoms with Gasteiger partial charge in [-0.3, -0.25) is 4.79 Å². The smallest absolute Gasteiger partial charge is 0.304 e. The van der Waals surface area contributed by atoms with Crippen LogP contribution in [0.2, 0.25) is 0 Å². The van der Waals surface area contributed by atoms with Gasteiger partial charge in [0.25, 0.3) is 10.2 Å². The van der Waals surface area contributed by atoms with E-state index in [2.05, 4.69) is 0 Å². The second kappa shape index (κ2) is 6.41. The Morgan fingerprint density at radius 3 is 2.40 bits per heavy atom. The second-order valence-electron chi connectivity index (χ2n) is 6.35. The molecular weight excluding hydrogens is 280 g/mol. The molecule has 0 aromatic heterocycles. The summed E-state index contributed by atoms with van der Waals surface area (Å²) in [5, 5.41) is 8.82. The molecule has 0 radical (unpaired) electrons. The minimum absolute atomic E-state index is 0.00435. The lowest BCUT2D eigenvalue weighted by atomic mass is 10.1. The topological polar surface area (TPSA) is 77.9 Å². The van der Waals surface area contributed by atoms with E-state index >= 15 is 0 Å². The van der Waals surface area contributed by atoms with E-state index in [1.165, 1.54) is 8.61 Å². The molecule has 0 amide bonds. The van der Waals surface area contributed by atoms with E-state index in [4.69, 9.17) is 5.11 Å². The third kappa shape index (κ3) is 4.17. The monoisotopic (exact) mass is 306 g/mol. The van der Waals surface area contributed by atoms with Crippen LogP contribution < -0.4 is 0 Å². The molecule has 0 aromatic carbocycles. The molecule has 6 nitrogen and oxygen atoms in total. The fourth-order valence-corrected chi connectivity index (χ4v) is 4.72. The summed E-state index contributed by atoms with van der Waals surface area (Å²) in [6, 6.07) is -0.0246. The maximum atomic E-state index is 12.8. The largest absolute Gasteiger partial charge is 0.481 e. The number of carbonyl (C=O) groups is 1. The standard InChI is InChI=1S/C13H26N2O4S/c1-11-7-5-6-9-14(11)20(18,19)15(13(2,3)4)10-8-12(16)17/h11H,5-10H2,1-4H3,(H,16,17). The highest BCUT2D eigenvalue weighted by Crippen LogP contribution is 2.27. The molecule has 1 N–H and O–H groups in total. The first kappa shape index (κ1) is 17.4. The Bertz CT molecular complexity index is 442. The Kier molecular flexibility index (Phi) is 5.57. The number of piperidine rings is 1. The van der Waals surface area contributed by atoms with E-state index in [0.717, 1.165) is 19.3 Å². The fraction of sp³-hybridized carbons (Fsp3) is 0.923. The van der Waals surface area contributed by atoms with Crippen molar-refractivity contribution in [3.05, 3.63) is 0 Å². The summed E-state index contributed by atoms with van der Waals surface area (Å²) in [6.45, 7) is 7.81. The maximum Gasteiger partial charge on any atom is 0.304 e. The van der Waals surface area contributed by atoms with Crippen LogP contribution in [0.5, 0.6) is 0 Å². The minimum atomic E-state index is -3.62. The highest BCUT2D eigenvalue weighted by molar-refractivity contribution is 7.86. The van der Waals surface area contributed by atoms with Gasteiger partial charge in [0.15, 0.2) is 0 Å². The van der Waals surface area contributed by atoms with Gasteiger partial charge in [-0.25, -0.2) is 0 Å². The Labute approximate surface area is 121 Å². The Morgan fingerprint density at radius 1 is 1.35 bits per heavy atom. The van der Waals surface area contributed by atoms with Crippen LogP contribution >= 0.6 is 0 Å². The first-order valence-corrected chi connectivity index (χ1v) is 8.48. The lowest BCUT2D eigenvalue weighted by Gasteiger charge is -2.41. The first-order chi connectivity index (χ1) is 9.06. The zero-order valence-corrected chi connectivity index (χ0v) is 13.6. The van der Waals surface area contributed by atoms with E-state index in [1.807, 2.05) is 6.92 Å². The molecule has 1 aliphatic heterocycles. The van der Waals surface area contributed by atoms with Gasteiger partial charge in [0.2, 0.25) is 0 Å². The van der Waals surface area contributed by atoms with E-state index in [9.17, 15) is 13.2 Å². The zero-order valence-electron chi connectivity index (χ0n) is 12.8. The highest BCUT2D eigenvalue weighted by Gasteiger charge is 2.39. The van der Waals surface area contributed by atoms with Gasteiger partial charge in [-0.05, 0) is 40.5 Å². The van der Waals surface area contributed by atoms with Crippen molar-refractivity contribution < 1.29 is 18.3 Å². The third-order valence-electron chi connectivity index (χ3n) is 3.59. The first-order valence-electron chi connectivity index (χ1n) is 7.08. The lowest BCUT2D eigenvalue weighted by Crippen LogP contribution is -2.55. The molecule has 1 heterocycles. The van der Waals surface area contributed by atoms with Crippen LogP contribution in [0.4, 0.5) is 0 Å². The van der Waals surface area contributed by atoms with Gasteiger partial charge in [-0.15, -0.1) is 0 Å². The molecule has 1 atom stereocenters. The van der Waals surface area contributed by atoms with Crippen LogP contribution in [0.15, 0.2) is 0 Å². The van der Waals surface area contributed by atoms with Crippen LogP contribution in [0.1, 0.15) is 53.4 Å². The van der Waals surface area contributed by atoms with Crippen LogP contribution in [0, 0.1) is 0 Å². The quantitative estimate of drug-likeness (QED) is 0.838. The number of carboxylic acids is 1. The van der Waals surface area contributed by atoms with Crippen LogP contribution in [0.25, 0.3) is 0 Å². The summed E-state index contributed by atoms with van der Waals surface area (Å²) in [7, 11) is -3.62. The van der Waals surface area contributed by atoms with Crippen molar-refractivity contribution in [3.63, 3.8) is 0 Å². The molecule has 7 heteroatoms. The fourth-order valence-electron chi connectivity index (χ4n) is 2.54. The van der Waals surface area contributed by atoms with Crippen molar-refractivity contribution in [2.24, 2.45) is 0 Å². The summed E-state index contributed by atoms with van der Waals surface area (Å²) >= 11 is 0. The molecule has 1 fully saturated rings. The average Bonchev–Trinajstić information content (AvgIpc) is 2.26. The van der Waals surface area contributed by atoms with Crippen molar-refractivity contribution in [1.82, 2.24) is 8.61 Å². The van der Waals surface area contributed by atoms with E-state index in [1.54, 1.807) is 20.8 Å². The molecular formula is C13H26N2O4S. The van der Waals surface area contributed by atoms with Gasteiger partial charge in [0.1, 0.15) is 0 Å². The van der Waals surface area contributed by atoms with Gasteiger partial charge in [-0.1, -0.05) is 6.42 Å². The predicted molar refractivity (Wildman–Crippen MR) is 77.7 cm³/mol. The van der Waals surface area contributed by atoms with Crippen LogP contribution in [-0.2, 0) is 15.0 Å². The lowest BCUT2D eigenvalue weighted by molar-refractivity contribution is -0.137. The molecule has 0 aromatic rings. The van der Waals surface area contributed by atoms with Crippen LogP contribution in [0.3, 0.4) is 0 Å². The highest BCUT2D eigenvalue weighted by atomic mass is 32.2. The van der Waals surface area contributed by atoms with Gasteiger partial charge >= 0.3 is 5.97 Å². The Morgan fingerprint density at radius 2 is 1.95 bits per heavy atom. The average molecular weight is 306 g/mol. The zero-order chi connectivity index (χ0) is 15.6. The van der Waals surface area contributed by atoms with E-state index < -0.39 is 21.7 Å². The van der Waals surface area contributed by atoms with Crippen molar-refractivity contribution >= 4 is 16.2 Å². The van der Waals surface area contributed by atoms with Gasteiger partial charge < -0.3 is 5.11 Å². The molecule has 20 heavy (non-hydrogen) atoms. The van der Waals surface area contributed by atoms with Gasteiger partial charge in [-0.2, -0.15) is 17.0 Å². The van der Waals surface area contributed by atoms with E-state index in [0.29, 0.717) is 6.54 Å². The van der Waals surface area contributed by atoms with Crippen molar-refractivity contribution in [2.75, 3.05) is 13.1 Å². The molecule has 1 aliphatic rings. The summed E-state index contributed by atoms with van der Waals surface area (Å²) in [4.78, 5) is 10.8. The van der Waals surface area contributed by atoms with Crippen molar-refractivity contribution in [3.8, 4) is 0 Å². The summed E-state index contributed by atoms with van der Waals surface area (Å²) in [5.74, 6) is -0.985. The molecule has 0 spiro atoms.